The van der Waals surface area contributed by atoms with Gasteiger partial charge in [-0.2, -0.15) is 4.31 Å². The lowest BCUT2D eigenvalue weighted by Crippen LogP contribution is -2.55. The maximum Gasteiger partial charge on any atom is 0.243 e. The molecule has 130 valence electrons. The number of nitrogens with zero attached hydrogens (tertiary/aromatic N) is 2. The van der Waals surface area contributed by atoms with E-state index in [1.54, 1.807) is 18.2 Å². The number of piperazine rings is 1. The van der Waals surface area contributed by atoms with Crippen molar-refractivity contribution < 1.29 is 13.2 Å². The molecule has 2 heterocycles. The van der Waals surface area contributed by atoms with E-state index in [4.69, 9.17) is 0 Å². The molecule has 0 spiro atoms. The van der Waals surface area contributed by atoms with Crippen LogP contribution in [0.3, 0.4) is 0 Å². The summed E-state index contributed by atoms with van der Waals surface area (Å²) in [7, 11) is -3.68. The van der Waals surface area contributed by atoms with E-state index in [0.29, 0.717) is 13.1 Å². The number of aryl methyl sites for hydroxylation is 1. The maximum absolute atomic E-state index is 13.0. The normalized spacial score (nSPS) is 20.9. The summed E-state index contributed by atoms with van der Waals surface area (Å²) in [6.07, 6.45) is 0.822. The largest absolute Gasteiger partial charge is 0.333 e. The van der Waals surface area contributed by atoms with Crippen LogP contribution in [0.5, 0.6) is 0 Å². The Labute approximate surface area is 147 Å². The Morgan fingerprint density at radius 2 is 1.88 bits per heavy atom. The highest BCUT2D eigenvalue weighted by Gasteiger charge is 2.41. The zero-order valence-corrected chi connectivity index (χ0v) is 14.9. The molecule has 1 unspecified atom stereocenters. The smallest absolute Gasteiger partial charge is 0.243 e. The second-order valence-electron chi connectivity index (χ2n) is 6.67. The fourth-order valence-corrected chi connectivity index (χ4v) is 5.26. The van der Waals surface area contributed by atoms with Gasteiger partial charge in [0.25, 0.3) is 0 Å². The van der Waals surface area contributed by atoms with Crippen LogP contribution in [0.25, 0.3) is 0 Å². The molecule has 4 rings (SSSR count). The lowest BCUT2D eigenvalue weighted by atomic mass is 9.91. The molecule has 0 N–H and O–H groups in total. The minimum atomic E-state index is -3.68. The Morgan fingerprint density at radius 3 is 2.68 bits per heavy atom. The zero-order chi connectivity index (χ0) is 17.6. The summed E-state index contributed by atoms with van der Waals surface area (Å²) in [4.78, 5) is 14.7. The topological polar surface area (TPSA) is 57.7 Å². The first kappa shape index (κ1) is 16.3. The van der Waals surface area contributed by atoms with Crippen molar-refractivity contribution in [3.63, 3.8) is 0 Å². The Morgan fingerprint density at radius 1 is 1.08 bits per heavy atom. The van der Waals surface area contributed by atoms with Crippen LogP contribution in [-0.2, 0) is 21.2 Å². The van der Waals surface area contributed by atoms with Crippen molar-refractivity contribution in [1.29, 1.82) is 0 Å². The predicted molar refractivity (Wildman–Crippen MR) is 94.5 cm³/mol. The number of carbonyl (C=O) groups is 1. The van der Waals surface area contributed by atoms with Gasteiger partial charge in [0.2, 0.25) is 15.9 Å². The molecule has 0 bridgehead atoms. The molecule has 1 amide bonds. The Hall–Kier alpha value is -2.18. The Kier molecular flexibility index (Phi) is 3.89. The standard InChI is InChI=1S/C19H20N2O3S/c1-14-5-4-7-16(11-14)25(23,24)20-12-18-17-8-3-2-6-15(17)9-10-21(18)19(22)13-20/h2-8,11,18H,9-10,12-13H2,1H3. The van der Waals surface area contributed by atoms with Gasteiger partial charge in [-0.3, -0.25) is 4.79 Å². The molecule has 2 aromatic carbocycles. The maximum atomic E-state index is 13.0. The molecule has 2 aliphatic rings. The first-order chi connectivity index (χ1) is 12.0. The van der Waals surface area contributed by atoms with Gasteiger partial charge in [-0.1, -0.05) is 36.4 Å². The monoisotopic (exact) mass is 356 g/mol. The minimum Gasteiger partial charge on any atom is -0.333 e. The van der Waals surface area contributed by atoms with Crippen LogP contribution in [0.1, 0.15) is 22.7 Å². The van der Waals surface area contributed by atoms with Crippen molar-refractivity contribution in [2.45, 2.75) is 24.3 Å². The van der Waals surface area contributed by atoms with Crippen LogP contribution in [0.4, 0.5) is 0 Å². The Balaban J connectivity index is 1.71. The lowest BCUT2D eigenvalue weighted by molar-refractivity contribution is -0.138. The predicted octanol–water partition coefficient (Wildman–Crippen LogP) is 2.13. The van der Waals surface area contributed by atoms with Crippen molar-refractivity contribution in [2.75, 3.05) is 19.6 Å². The second-order valence-corrected chi connectivity index (χ2v) is 8.60. The number of hydrogen-bond acceptors (Lipinski definition) is 3. The Bertz CT molecular complexity index is 939. The van der Waals surface area contributed by atoms with E-state index in [2.05, 4.69) is 6.07 Å². The van der Waals surface area contributed by atoms with Crippen LogP contribution in [0, 0.1) is 6.92 Å². The van der Waals surface area contributed by atoms with Crippen molar-refractivity contribution in [1.82, 2.24) is 9.21 Å². The van der Waals surface area contributed by atoms with E-state index in [0.717, 1.165) is 17.5 Å². The molecule has 1 fully saturated rings. The third-order valence-electron chi connectivity index (χ3n) is 5.05. The second kappa shape index (κ2) is 5.97. The summed E-state index contributed by atoms with van der Waals surface area (Å²) in [5, 5.41) is 0. The highest BCUT2D eigenvalue weighted by molar-refractivity contribution is 7.89. The van der Waals surface area contributed by atoms with E-state index >= 15 is 0 Å². The molecule has 0 radical (unpaired) electrons. The molecule has 6 heteroatoms. The summed E-state index contributed by atoms with van der Waals surface area (Å²) in [5.41, 5.74) is 3.15. The minimum absolute atomic E-state index is 0.0884. The van der Waals surface area contributed by atoms with Gasteiger partial charge in [0.05, 0.1) is 17.5 Å². The molecule has 1 saturated heterocycles. The summed E-state index contributed by atoms with van der Waals surface area (Å²) in [6, 6.07) is 14.6. The van der Waals surface area contributed by atoms with E-state index in [1.807, 2.05) is 36.1 Å². The average Bonchev–Trinajstić information content (AvgIpc) is 2.61. The average molecular weight is 356 g/mol. The van der Waals surface area contributed by atoms with E-state index in [9.17, 15) is 13.2 Å². The van der Waals surface area contributed by atoms with Crippen LogP contribution in [-0.4, -0.2) is 43.2 Å². The van der Waals surface area contributed by atoms with Crippen LogP contribution >= 0.6 is 0 Å². The fourth-order valence-electron chi connectivity index (χ4n) is 3.75. The summed E-state index contributed by atoms with van der Waals surface area (Å²) in [6.45, 7) is 2.73. The van der Waals surface area contributed by atoms with Gasteiger partial charge in [0.1, 0.15) is 0 Å². The SMILES string of the molecule is Cc1cccc(S(=O)(=O)N2CC(=O)N3CCc4ccccc4C3C2)c1. The quantitative estimate of drug-likeness (QED) is 0.828. The highest BCUT2D eigenvalue weighted by atomic mass is 32.2. The first-order valence-corrected chi connectivity index (χ1v) is 9.85. The fraction of sp³-hybridized carbons (Fsp3) is 0.316. The molecule has 5 nitrogen and oxygen atoms in total. The molecule has 1 atom stereocenters. The molecule has 2 aliphatic heterocycles. The number of hydrogen-bond donors (Lipinski definition) is 0. The molecule has 0 aromatic heterocycles. The van der Waals surface area contributed by atoms with Gasteiger partial charge < -0.3 is 4.90 Å². The third kappa shape index (κ3) is 2.75. The summed E-state index contributed by atoms with van der Waals surface area (Å²) >= 11 is 0. The molecule has 25 heavy (non-hydrogen) atoms. The number of amides is 1. The van der Waals surface area contributed by atoms with Gasteiger partial charge >= 0.3 is 0 Å². The number of rotatable bonds is 2. The van der Waals surface area contributed by atoms with Crippen molar-refractivity contribution in [2.24, 2.45) is 0 Å². The van der Waals surface area contributed by atoms with Crippen LogP contribution in [0.15, 0.2) is 53.4 Å². The number of benzene rings is 2. The number of carbonyl (C=O) groups excluding carboxylic acids is 1. The van der Waals surface area contributed by atoms with Crippen LogP contribution < -0.4 is 0 Å². The van der Waals surface area contributed by atoms with Crippen molar-refractivity contribution >= 4 is 15.9 Å². The van der Waals surface area contributed by atoms with Gasteiger partial charge in [-0.05, 0) is 42.2 Å². The van der Waals surface area contributed by atoms with Gasteiger partial charge in [0.15, 0.2) is 0 Å². The molecular formula is C19H20N2O3S. The molecule has 2 aromatic rings. The van der Waals surface area contributed by atoms with Gasteiger partial charge in [0, 0.05) is 13.1 Å². The van der Waals surface area contributed by atoms with Gasteiger partial charge in [-0.15, -0.1) is 0 Å². The molecular weight excluding hydrogens is 336 g/mol. The van der Waals surface area contributed by atoms with E-state index in [1.165, 1.54) is 9.87 Å². The highest BCUT2D eigenvalue weighted by Crippen LogP contribution is 2.34. The van der Waals surface area contributed by atoms with E-state index < -0.39 is 10.0 Å². The van der Waals surface area contributed by atoms with Crippen molar-refractivity contribution in [3.8, 4) is 0 Å². The molecule has 0 aliphatic carbocycles. The zero-order valence-electron chi connectivity index (χ0n) is 14.1. The van der Waals surface area contributed by atoms with Crippen molar-refractivity contribution in [3.05, 3.63) is 65.2 Å². The molecule has 0 saturated carbocycles. The number of fused-ring (bicyclic) bond motifs is 3. The summed E-state index contributed by atoms with van der Waals surface area (Å²) in [5.74, 6) is -0.123. The first-order valence-electron chi connectivity index (χ1n) is 8.41. The van der Waals surface area contributed by atoms with Gasteiger partial charge in [-0.25, -0.2) is 8.42 Å². The van der Waals surface area contributed by atoms with Crippen LogP contribution in [0.2, 0.25) is 0 Å². The third-order valence-corrected chi connectivity index (χ3v) is 6.86. The van der Waals surface area contributed by atoms with E-state index in [-0.39, 0.29) is 23.4 Å². The summed E-state index contributed by atoms with van der Waals surface area (Å²) < 4.78 is 27.4. The lowest BCUT2D eigenvalue weighted by Gasteiger charge is -2.44. The number of sulfonamides is 1.